The maximum Gasteiger partial charge on any atom is 0.231 e. The number of hydrogen-bond donors (Lipinski definition) is 1. The molecule has 0 saturated carbocycles. The summed E-state index contributed by atoms with van der Waals surface area (Å²) in [5, 5.41) is 13.3. The van der Waals surface area contributed by atoms with Crippen molar-refractivity contribution in [2.75, 3.05) is 6.61 Å². The van der Waals surface area contributed by atoms with Gasteiger partial charge < -0.3 is 10.0 Å². The number of aliphatic hydroxyl groups is 1. The van der Waals surface area contributed by atoms with Gasteiger partial charge in [-0.1, -0.05) is 24.3 Å². The highest BCUT2D eigenvalue weighted by Crippen LogP contribution is 2.36. The Hall–Kier alpha value is -2.47. The number of aromatic nitrogens is 2. The van der Waals surface area contributed by atoms with Crippen LogP contribution in [-0.4, -0.2) is 38.1 Å². The fourth-order valence-electron chi connectivity index (χ4n) is 3.55. The lowest BCUT2D eigenvalue weighted by Gasteiger charge is -2.20. The maximum atomic E-state index is 12.9. The highest BCUT2D eigenvalue weighted by atomic mass is 16.3. The second-order valence-corrected chi connectivity index (χ2v) is 6.02. The SMILES string of the molecule is O=C1C[C@@H](C(=O)N2Cc3cnn(CCO)c3C2)c2ccccc21. The third-order valence-corrected chi connectivity index (χ3v) is 4.68. The van der Waals surface area contributed by atoms with Crippen LogP contribution < -0.4 is 0 Å². The zero-order chi connectivity index (χ0) is 16.0. The second-order valence-electron chi connectivity index (χ2n) is 6.02. The fraction of sp³-hybridized carbons (Fsp3) is 0.353. The van der Waals surface area contributed by atoms with E-state index in [9.17, 15) is 9.59 Å². The molecule has 0 unspecified atom stereocenters. The molecular formula is C17H17N3O3. The van der Waals surface area contributed by atoms with E-state index in [0.29, 0.717) is 25.2 Å². The van der Waals surface area contributed by atoms with Crippen LogP contribution in [0.4, 0.5) is 0 Å². The Morgan fingerprint density at radius 3 is 2.96 bits per heavy atom. The maximum absolute atomic E-state index is 12.9. The van der Waals surface area contributed by atoms with Gasteiger partial charge in [-0.15, -0.1) is 0 Å². The van der Waals surface area contributed by atoms with E-state index in [2.05, 4.69) is 5.10 Å². The normalized spacial score (nSPS) is 19.1. The standard InChI is InChI=1S/C17H17N3O3/c21-6-5-20-15-10-19(9-11(15)8-18-20)17(23)14-7-16(22)13-4-2-1-3-12(13)14/h1-4,8,14,21H,5-7,9-10H2/t14-/m1/s1. The smallest absolute Gasteiger partial charge is 0.231 e. The number of ketones is 1. The van der Waals surface area contributed by atoms with Crippen LogP contribution in [0.5, 0.6) is 0 Å². The molecule has 4 rings (SSSR count). The topological polar surface area (TPSA) is 75.4 Å². The zero-order valence-corrected chi connectivity index (χ0v) is 12.6. The van der Waals surface area contributed by atoms with Gasteiger partial charge in [0.1, 0.15) is 0 Å². The van der Waals surface area contributed by atoms with Crippen molar-refractivity contribution in [3.8, 4) is 0 Å². The Balaban J connectivity index is 1.57. The summed E-state index contributed by atoms with van der Waals surface area (Å²) in [7, 11) is 0. The Morgan fingerprint density at radius 1 is 1.30 bits per heavy atom. The van der Waals surface area contributed by atoms with Crippen molar-refractivity contribution < 1.29 is 14.7 Å². The number of aliphatic hydroxyl groups excluding tert-OH is 1. The lowest BCUT2D eigenvalue weighted by atomic mass is 10.00. The van der Waals surface area contributed by atoms with Gasteiger partial charge in [0.15, 0.2) is 5.78 Å². The molecule has 23 heavy (non-hydrogen) atoms. The van der Waals surface area contributed by atoms with Crippen molar-refractivity contribution in [3.05, 3.63) is 52.8 Å². The lowest BCUT2D eigenvalue weighted by Crippen LogP contribution is -2.30. The Morgan fingerprint density at radius 2 is 2.13 bits per heavy atom. The van der Waals surface area contributed by atoms with Crippen LogP contribution in [0.2, 0.25) is 0 Å². The first-order chi connectivity index (χ1) is 11.2. The molecule has 1 atom stereocenters. The number of rotatable bonds is 3. The van der Waals surface area contributed by atoms with E-state index in [1.165, 1.54) is 0 Å². The molecule has 1 aromatic heterocycles. The predicted octanol–water partition coefficient (Wildman–Crippen LogP) is 1.09. The number of hydrogen-bond acceptors (Lipinski definition) is 4. The average molecular weight is 311 g/mol. The Kier molecular flexibility index (Phi) is 3.27. The lowest BCUT2D eigenvalue weighted by molar-refractivity contribution is -0.133. The number of benzene rings is 1. The summed E-state index contributed by atoms with van der Waals surface area (Å²) in [5.41, 5.74) is 3.51. The van der Waals surface area contributed by atoms with E-state index >= 15 is 0 Å². The number of Topliss-reactive ketones (excluding diaryl/α,β-unsaturated/α-hetero) is 1. The molecule has 6 heteroatoms. The van der Waals surface area contributed by atoms with Crippen LogP contribution in [0, 0.1) is 0 Å². The summed E-state index contributed by atoms with van der Waals surface area (Å²) in [6.45, 7) is 1.46. The minimum atomic E-state index is -0.373. The molecule has 1 aliphatic carbocycles. The first-order valence-electron chi connectivity index (χ1n) is 7.74. The van der Waals surface area contributed by atoms with Crippen LogP contribution in [-0.2, 0) is 24.4 Å². The molecule has 1 N–H and O–H groups in total. The van der Waals surface area contributed by atoms with Gasteiger partial charge >= 0.3 is 0 Å². The summed E-state index contributed by atoms with van der Waals surface area (Å²) < 4.78 is 1.75. The van der Waals surface area contributed by atoms with E-state index in [4.69, 9.17) is 5.11 Å². The van der Waals surface area contributed by atoms with Crippen LogP contribution in [0.3, 0.4) is 0 Å². The average Bonchev–Trinajstić information content (AvgIpc) is 3.22. The fourth-order valence-corrected chi connectivity index (χ4v) is 3.55. The van der Waals surface area contributed by atoms with Gasteiger partial charge in [-0.25, -0.2) is 0 Å². The molecule has 6 nitrogen and oxygen atoms in total. The molecule has 2 aromatic rings. The van der Waals surface area contributed by atoms with Crippen molar-refractivity contribution in [1.29, 1.82) is 0 Å². The van der Waals surface area contributed by atoms with E-state index in [1.807, 2.05) is 18.2 Å². The number of nitrogens with zero attached hydrogens (tertiary/aromatic N) is 3. The third-order valence-electron chi connectivity index (χ3n) is 4.68. The molecule has 0 fully saturated rings. The van der Waals surface area contributed by atoms with E-state index in [1.54, 1.807) is 21.8 Å². The van der Waals surface area contributed by atoms with E-state index in [-0.39, 0.29) is 30.6 Å². The van der Waals surface area contributed by atoms with Crippen molar-refractivity contribution in [1.82, 2.24) is 14.7 Å². The summed E-state index contributed by atoms with van der Waals surface area (Å²) >= 11 is 0. The predicted molar refractivity (Wildman–Crippen MR) is 81.7 cm³/mol. The highest BCUT2D eigenvalue weighted by Gasteiger charge is 2.38. The van der Waals surface area contributed by atoms with Crippen LogP contribution in [0.15, 0.2) is 30.5 Å². The molecule has 0 spiro atoms. The quantitative estimate of drug-likeness (QED) is 0.920. The van der Waals surface area contributed by atoms with Gasteiger partial charge in [-0.05, 0) is 5.56 Å². The molecular weight excluding hydrogens is 294 g/mol. The van der Waals surface area contributed by atoms with Gasteiger partial charge in [-0.2, -0.15) is 5.10 Å². The third kappa shape index (κ3) is 2.17. The molecule has 118 valence electrons. The van der Waals surface area contributed by atoms with Gasteiger partial charge in [-0.3, -0.25) is 14.3 Å². The van der Waals surface area contributed by atoms with Crippen LogP contribution >= 0.6 is 0 Å². The summed E-state index contributed by atoms with van der Waals surface area (Å²) in [5.74, 6) is -0.334. The van der Waals surface area contributed by atoms with Crippen LogP contribution in [0.25, 0.3) is 0 Å². The van der Waals surface area contributed by atoms with Crippen molar-refractivity contribution in [2.24, 2.45) is 0 Å². The van der Waals surface area contributed by atoms with Gasteiger partial charge in [0.25, 0.3) is 0 Å². The zero-order valence-electron chi connectivity index (χ0n) is 12.6. The highest BCUT2D eigenvalue weighted by molar-refractivity contribution is 6.06. The minimum absolute atomic E-state index is 0.00458. The molecule has 2 heterocycles. The molecule has 0 saturated heterocycles. The molecule has 2 aliphatic rings. The van der Waals surface area contributed by atoms with E-state index in [0.717, 1.165) is 16.8 Å². The molecule has 0 radical (unpaired) electrons. The Labute approximate surface area is 133 Å². The second kappa shape index (κ2) is 5.31. The number of fused-ring (bicyclic) bond motifs is 2. The molecule has 1 aliphatic heterocycles. The van der Waals surface area contributed by atoms with Gasteiger partial charge in [0, 0.05) is 24.1 Å². The summed E-state index contributed by atoms with van der Waals surface area (Å²) in [6, 6.07) is 7.37. The number of carbonyl (C=O) groups is 2. The summed E-state index contributed by atoms with van der Waals surface area (Å²) in [6.07, 6.45) is 2.01. The molecule has 1 aromatic carbocycles. The molecule has 1 amide bonds. The Bertz CT molecular complexity index is 796. The minimum Gasteiger partial charge on any atom is -0.394 e. The van der Waals surface area contributed by atoms with Crippen molar-refractivity contribution in [3.63, 3.8) is 0 Å². The van der Waals surface area contributed by atoms with Crippen molar-refractivity contribution >= 4 is 11.7 Å². The summed E-state index contributed by atoms with van der Waals surface area (Å²) in [4.78, 5) is 26.8. The molecule has 0 bridgehead atoms. The van der Waals surface area contributed by atoms with Crippen molar-refractivity contribution in [2.45, 2.75) is 32.0 Å². The van der Waals surface area contributed by atoms with E-state index < -0.39 is 0 Å². The van der Waals surface area contributed by atoms with Crippen LogP contribution in [0.1, 0.15) is 39.5 Å². The first kappa shape index (κ1) is 14.1. The largest absolute Gasteiger partial charge is 0.394 e. The first-order valence-corrected chi connectivity index (χ1v) is 7.74. The monoisotopic (exact) mass is 311 g/mol. The number of amides is 1. The number of carbonyl (C=O) groups excluding carboxylic acids is 2. The van der Waals surface area contributed by atoms with Gasteiger partial charge in [0.05, 0.1) is 37.5 Å². The van der Waals surface area contributed by atoms with Gasteiger partial charge in [0.2, 0.25) is 5.91 Å².